The zero-order valence-corrected chi connectivity index (χ0v) is 12.7. The number of rotatable bonds is 4. The van der Waals surface area contributed by atoms with Crippen LogP contribution < -0.4 is 10.2 Å². The Balaban J connectivity index is 1.78. The van der Waals surface area contributed by atoms with E-state index in [1.165, 1.54) is 4.90 Å². The molecular formula is C15H22ClN2O2+. The van der Waals surface area contributed by atoms with Crippen molar-refractivity contribution in [1.29, 1.82) is 0 Å². The Morgan fingerprint density at radius 1 is 1.40 bits per heavy atom. The Morgan fingerprint density at radius 2 is 2.10 bits per heavy atom. The van der Waals surface area contributed by atoms with E-state index in [2.05, 4.69) is 19.2 Å². The van der Waals surface area contributed by atoms with Gasteiger partial charge < -0.3 is 15.0 Å². The number of morpholine rings is 1. The summed E-state index contributed by atoms with van der Waals surface area (Å²) in [5, 5.41) is 3.64. The number of carbonyl (C=O) groups is 1. The molecule has 0 saturated carbocycles. The van der Waals surface area contributed by atoms with Gasteiger partial charge in [-0.2, -0.15) is 0 Å². The van der Waals surface area contributed by atoms with Crippen LogP contribution in [0.5, 0.6) is 0 Å². The first kappa shape index (κ1) is 15.3. The molecule has 20 heavy (non-hydrogen) atoms. The van der Waals surface area contributed by atoms with Crippen molar-refractivity contribution in [3.05, 3.63) is 34.9 Å². The highest BCUT2D eigenvalue weighted by Gasteiger charge is 2.26. The molecule has 2 atom stereocenters. The number of carbonyl (C=O) groups excluding carboxylic acids is 1. The van der Waals surface area contributed by atoms with E-state index in [0.717, 1.165) is 18.7 Å². The molecule has 2 rings (SSSR count). The quantitative estimate of drug-likeness (QED) is 0.857. The Morgan fingerprint density at radius 3 is 2.75 bits per heavy atom. The number of benzene rings is 1. The van der Waals surface area contributed by atoms with Gasteiger partial charge in [-0.15, -0.1) is 0 Å². The molecule has 1 heterocycles. The monoisotopic (exact) mass is 297 g/mol. The van der Waals surface area contributed by atoms with E-state index in [9.17, 15) is 4.79 Å². The van der Waals surface area contributed by atoms with Gasteiger partial charge in [0.15, 0.2) is 6.54 Å². The highest BCUT2D eigenvalue weighted by atomic mass is 35.5. The maximum Gasteiger partial charge on any atom is 0.275 e. The third-order valence-corrected chi connectivity index (χ3v) is 3.64. The maximum absolute atomic E-state index is 12.0. The maximum atomic E-state index is 12.0. The molecule has 1 saturated heterocycles. The molecule has 1 aromatic carbocycles. The molecule has 1 aliphatic rings. The number of quaternary nitrogens is 1. The van der Waals surface area contributed by atoms with E-state index in [4.69, 9.17) is 16.3 Å². The fraction of sp³-hybridized carbons (Fsp3) is 0.533. The molecule has 110 valence electrons. The average molecular weight is 298 g/mol. The van der Waals surface area contributed by atoms with Crippen molar-refractivity contribution in [3.63, 3.8) is 0 Å². The lowest BCUT2D eigenvalue weighted by molar-refractivity contribution is -0.907. The average Bonchev–Trinajstić information content (AvgIpc) is 2.35. The largest absolute Gasteiger partial charge is 0.364 e. The first-order chi connectivity index (χ1) is 9.52. The van der Waals surface area contributed by atoms with Crippen LogP contribution in [0.3, 0.4) is 0 Å². The molecule has 1 amide bonds. The van der Waals surface area contributed by atoms with Crippen LogP contribution in [-0.4, -0.2) is 37.7 Å². The number of amides is 1. The van der Waals surface area contributed by atoms with Gasteiger partial charge in [0.05, 0.1) is 0 Å². The van der Waals surface area contributed by atoms with Crippen LogP contribution in [-0.2, 0) is 16.1 Å². The molecule has 1 fully saturated rings. The first-order valence-corrected chi connectivity index (χ1v) is 7.41. The molecule has 5 heteroatoms. The predicted molar refractivity (Wildman–Crippen MR) is 78.9 cm³/mol. The van der Waals surface area contributed by atoms with Gasteiger partial charge in [-0.3, -0.25) is 4.79 Å². The number of halogens is 1. The van der Waals surface area contributed by atoms with Crippen molar-refractivity contribution in [2.24, 2.45) is 0 Å². The highest BCUT2D eigenvalue weighted by Crippen LogP contribution is 2.10. The Bertz CT molecular complexity index is 457. The van der Waals surface area contributed by atoms with Crippen LogP contribution in [0.4, 0.5) is 0 Å². The van der Waals surface area contributed by atoms with Crippen molar-refractivity contribution < 1.29 is 14.4 Å². The van der Waals surface area contributed by atoms with E-state index < -0.39 is 0 Å². The van der Waals surface area contributed by atoms with Crippen molar-refractivity contribution >= 4 is 17.5 Å². The van der Waals surface area contributed by atoms with Gasteiger partial charge in [0, 0.05) is 11.6 Å². The predicted octanol–water partition coefficient (Wildman–Crippen LogP) is 0.648. The minimum atomic E-state index is 0.0706. The van der Waals surface area contributed by atoms with Crippen molar-refractivity contribution in [2.75, 3.05) is 19.6 Å². The van der Waals surface area contributed by atoms with Crippen molar-refractivity contribution in [1.82, 2.24) is 5.32 Å². The molecule has 1 aliphatic heterocycles. The van der Waals surface area contributed by atoms with E-state index in [1.54, 1.807) is 0 Å². The summed E-state index contributed by atoms with van der Waals surface area (Å²) < 4.78 is 5.67. The van der Waals surface area contributed by atoms with Gasteiger partial charge in [0.25, 0.3) is 5.91 Å². The van der Waals surface area contributed by atoms with Gasteiger partial charge in [0.2, 0.25) is 0 Å². The molecule has 0 aliphatic carbocycles. The fourth-order valence-corrected chi connectivity index (χ4v) is 2.88. The van der Waals surface area contributed by atoms with Crippen LogP contribution in [0.15, 0.2) is 24.3 Å². The minimum Gasteiger partial charge on any atom is -0.364 e. The second-order valence-corrected chi connectivity index (χ2v) is 5.94. The summed E-state index contributed by atoms with van der Waals surface area (Å²) in [5.41, 5.74) is 1.02. The van der Waals surface area contributed by atoms with E-state index in [-0.39, 0.29) is 18.1 Å². The molecule has 0 unspecified atom stereocenters. The molecule has 1 aromatic rings. The van der Waals surface area contributed by atoms with Gasteiger partial charge in [-0.25, -0.2) is 0 Å². The Labute approximate surface area is 125 Å². The highest BCUT2D eigenvalue weighted by molar-refractivity contribution is 6.30. The van der Waals surface area contributed by atoms with Crippen molar-refractivity contribution in [3.8, 4) is 0 Å². The summed E-state index contributed by atoms with van der Waals surface area (Å²) in [6.45, 7) is 6.90. The van der Waals surface area contributed by atoms with Crippen molar-refractivity contribution in [2.45, 2.75) is 32.6 Å². The lowest BCUT2D eigenvalue weighted by Gasteiger charge is -2.31. The SMILES string of the molecule is C[C@@H]1C[NH+](CC(=O)NCc2cccc(Cl)c2)C[C@@H](C)O1. The van der Waals surface area contributed by atoms with Gasteiger partial charge in [-0.1, -0.05) is 23.7 Å². The topological polar surface area (TPSA) is 42.8 Å². The minimum absolute atomic E-state index is 0.0706. The summed E-state index contributed by atoms with van der Waals surface area (Å²) in [6, 6.07) is 7.54. The summed E-state index contributed by atoms with van der Waals surface area (Å²) >= 11 is 5.92. The third kappa shape index (κ3) is 4.78. The zero-order valence-electron chi connectivity index (χ0n) is 12.0. The fourth-order valence-electron chi connectivity index (χ4n) is 2.67. The Kier molecular flexibility index (Phi) is 5.40. The van der Waals surface area contributed by atoms with E-state index >= 15 is 0 Å². The number of nitrogens with one attached hydrogen (secondary N) is 2. The molecule has 2 N–H and O–H groups in total. The van der Waals surface area contributed by atoms with Crippen LogP contribution in [0.25, 0.3) is 0 Å². The van der Waals surface area contributed by atoms with Crippen LogP contribution in [0, 0.1) is 0 Å². The molecule has 0 bridgehead atoms. The molecule has 0 radical (unpaired) electrons. The standard InChI is InChI=1S/C15H21ClN2O2/c1-11-8-18(9-12(2)20-11)10-15(19)17-7-13-4-3-5-14(16)6-13/h3-6,11-12H,7-10H2,1-2H3,(H,17,19)/p+1/t11-,12-/m1/s1. The van der Waals surface area contributed by atoms with Crippen LogP contribution >= 0.6 is 11.6 Å². The lowest BCUT2D eigenvalue weighted by atomic mass is 10.2. The zero-order chi connectivity index (χ0) is 14.5. The van der Waals surface area contributed by atoms with Gasteiger partial charge >= 0.3 is 0 Å². The molecule has 4 nitrogen and oxygen atoms in total. The summed E-state index contributed by atoms with van der Waals surface area (Å²) in [6.07, 6.45) is 0.434. The third-order valence-electron chi connectivity index (χ3n) is 3.41. The summed E-state index contributed by atoms with van der Waals surface area (Å²) in [4.78, 5) is 13.3. The van der Waals surface area contributed by atoms with Crippen LogP contribution in [0.1, 0.15) is 19.4 Å². The molecule has 0 spiro atoms. The lowest BCUT2D eigenvalue weighted by Crippen LogP contribution is -3.16. The normalized spacial score (nSPS) is 26.2. The number of hydrogen-bond acceptors (Lipinski definition) is 2. The van der Waals surface area contributed by atoms with Gasteiger partial charge in [0.1, 0.15) is 25.3 Å². The van der Waals surface area contributed by atoms with Gasteiger partial charge in [-0.05, 0) is 31.5 Å². The second kappa shape index (κ2) is 7.07. The summed E-state index contributed by atoms with van der Waals surface area (Å²) in [7, 11) is 0. The number of ether oxygens (including phenoxy) is 1. The summed E-state index contributed by atoms with van der Waals surface area (Å²) in [5.74, 6) is 0.0706. The molecule has 0 aromatic heterocycles. The molecular weight excluding hydrogens is 276 g/mol. The first-order valence-electron chi connectivity index (χ1n) is 7.03. The van der Waals surface area contributed by atoms with E-state index in [0.29, 0.717) is 18.1 Å². The Hall–Kier alpha value is -1.10. The second-order valence-electron chi connectivity index (χ2n) is 5.50. The smallest absolute Gasteiger partial charge is 0.275 e. The van der Waals surface area contributed by atoms with Crippen LogP contribution in [0.2, 0.25) is 5.02 Å². The number of hydrogen-bond donors (Lipinski definition) is 2. The van der Waals surface area contributed by atoms with E-state index in [1.807, 2.05) is 24.3 Å².